The maximum atomic E-state index is 13.4. The molecule has 8 aliphatic rings. The molecule has 8 fully saturated rings. The average Bonchev–Trinajstić information content (AvgIpc) is 3.51. The molecule has 0 amide bonds. The van der Waals surface area contributed by atoms with Crippen LogP contribution in [0.25, 0.3) is 0 Å². The fourth-order valence-electron chi connectivity index (χ4n) is 12.8. The van der Waals surface area contributed by atoms with Crippen LogP contribution < -0.4 is 9.99 Å². The Hall–Kier alpha value is -6.04. The number of Topliss-reactive ketones (excluding diaryl/α,β-unsaturated/α-hetero) is 2. The Bertz CT molecular complexity index is 3070. The van der Waals surface area contributed by atoms with Gasteiger partial charge in [0.2, 0.25) is 0 Å². The smallest absolute Gasteiger partial charge is 0.428 e. The molecule has 0 spiro atoms. The van der Waals surface area contributed by atoms with E-state index < -0.39 is 55.8 Å². The standard InChI is InChI=1S/C36H28OS2.2C12H14F2O6S/c1-5-13-31(14-6-1)38(32-15-7-2-8-16-32)35-25-21-29(22-26-35)37-30-23-27-36(28-24-30)39(33-17-9-3-10-18-33)34-19-11-4-12-20-34;13-12(14,21(17,18)19)10(16)20-11-3-6-1-7(4-11)9(15)8(2-6)5-11;13-12(14,21-20-19-17)10(16)18-11-3-6-1-7(4-11)9(15)8(2-6)5-11/h1-28H;6-8H,1-5H2,(H,17,18,19);6-8,17H,1-5H2/q+2;;/p-2. The average molecular weight is 1190 g/mol. The lowest BCUT2D eigenvalue weighted by molar-refractivity contribution is -0.777. The number of ketones is 2. The van der Waals surface area contributed by atoms with Gasteiger partial charge in [0.1, 0.15) is 46.3 Å². The summed E-state index contributed by atoms with van der Waals surface area (Å²) in [6, 6.07) is 59.9. The highest BCUT2D eigenvalue weighted by atomic mass is 32.2. The van der Waals surface area contributed by atoms with Crippen molar-refractivity contribution in [1.82, 2.24) is 0 Å². The van der Waals surface area contributed by atoms with Gasteiger partial charge in [-0.2, -0.15) is 21.9 Å². The van der Waals surface area contributed by atoms with Crippen LogP contribution in [-0.2, 0) is 69.9 Å². The first-order valence-electron chi connectivity index (χ1n) is 26.2. The summed E-state index contributed by atoms with van der Waals surface area (Å²) in [7, 11) is -6.46. The van der Waals surface area contributed by atoms with Gasteiger partial charge in [-0.3, -0.25) is 14.6 Å². The molecule has 424 valence electrons. The molecule has 6 aromatic carbocycles. The Morgan fingerprint density at radius 2 is 0.802 bits per heavy atom. The molecule has 14 rings (SSSR count). The molecule has 8 bridgehead atoms. The summed E-state index contributed by atoms with van der Waals surface area (Å²) in [5.74, 6) is -2.83. The normalized spacial score (nSPS) is 25.1. The van der Waals surface area contributed by atoms with Crippen LogP contribution in [0.3, 0.4) is 0 Å². The number of rotatable bonds is 16. The van der Waals surface area contributed by atoms with Gasteiger partial charge in [-0.1, -0.05) is 72.8 Å². The van der Waals surface area contributed by atoms with E-state index in [1.165, 1.54) is 29.4 Å². The number of hydrogen-bond acceptors (Lipinski definition) is 14. The molecule has 0 radical (unpaired) electrons. The summed E-state index contributed by atoms with van der Waals surface area (Å²) in [6.45, 7) is 0. The van der Waals surface area contributed by atoms with Crippen molar-refractivity contribution in [3.63, 3.8) is 0 Å². The fourth-order valence-corrected chi connectivity index (χ4v) is 17.4. The zero-order chi connectivity index (χ0) is 57.2. The highest BCUT2D eigenvalue weighted by molar-refractivity contribution is 7.97. The Morgan fingerprint density at radius 1 is 0.494 bits per heavy atom. The SMILES string of the molecule is O=C1C2CC3CC1CC(OC(=O)C(F)(F)S(=O)(=O)[O-])(C3)C2.O=C1C2CC3CC1CC(OC(=O)C(F)(F)SOO[O-])(C3)C2.c1ccc([S+](c2ccccc2)c2ccc(Oc3ccc([S+](c4ccccc4)c4ccccc4)cc3)cc2)cc1. The molecular formula is C60H54F4O13S4. The molecule has 8 saturated carbocycles. The summed E-state index contributed by atoms with van der Waals surface area (Å²) in [6.07, 6.45) is 4.58. The first-order chi connectivity index (χ1) is 38.7. The molecule has 0 N–H and O–H groups in total. The molecule has 0 saturated heterocycles. The van der Waals surface area contributed by atoms with Crippen LogP contribution in [0.15, 0.2) is 199 Å². The van der Waals surface area contributed by atoms with E-state index in [0.717, 1.165) is 24.3 Å². The van der Waals surface area contributed by atoms with E-state index in [1.54, 1.807) is 0 Å². The van der Waals surface area contributed by atoms with Gasteiger partial charge in [-0.15, -0.1) is 0 Å². The van der Waals surface area contributed by atoms with E-state index in [2.05, 4.69) is 179 Å². The largest absolute Gasteiger partial charge is 0.743 e. The van der Waals surface area contributed by atoms with Gasteiger partial charge in [-0.05, 0) is 173 Å². The molecule has 6 aromatic rings. The number of hydrogen-bond donors (Lipinski definition) is 0. The summed E-state index contributed by atoms with van der Waals surface area (Å²) >= 11 is -0.694. The zero-order valence-corrected chi connectivity index (χ0v) is 46.4. The molecule has 8 aliphatic carbocycles. The first kappa shape index (κ1) is 58.2. The number of benzene rings is 6. The predicted octanol–water partition coefficient (Wildman–Crippen LogP) is 11.6. The van der Waals surface area contributed by atoms with E-state index in [4.69, 9.17) is 14.2 Å². The van der Waals surface area contributed by atoms with Crippen molar-refractivity contribution in [2.45, 2.75) is 115 Å². The topological polar surface area (TPSA) is 195 Å². The third-order valence-corrected chi connectivity index (χ3v) is 21.5. The van der Waals surface area contributed by atoms with Gasteiger partial charge < -0.3 is 24.0 Å². The van der Waals surface area contributed by atoms with Gasteiger partial charge >= 0.3 is 22.4 Å². The number of ether oxygens (including phenoxy) is 3. The summed E-state index contributed by atoms with van der Waals surface area (Å²) in [5, 5.41) is 3.27. The lowest BCUT2D eigenvalue weighted by Crippen LogP contribution is -2.58. The van der Waals surface area contributed by atoms with Gasteiger partial charge in [0.15, 0.2) is 39.5 Å². The highest BCUT2D eigenvalue weighted by Crippen LogP contribution is 2.57. The molecule has 4 atom stereocenters. The quantitative estimate of drug-likeness (QED) is 0.0169. The number of alkyl halides is 4. The molecule has 4 unspecified atom stereocenters. The minimum atomic E-state index is -6.12. The van der Waals surface area contributed by atoms with Gasteiger partial charge in [0.05, 0.1) is 21.8 Å². The molecule has 21 heteroatoms. The van der Waals surface area contributed by atoms with Crippen LogP contribution in [-0.4, -0.2) is 58.2 Å². The van der Waals surface area contributed by atoms with Crippen molar-refractivity contribution in [3.05, 3.63) is 170 Å². The molecular weight excluding hydrogens is 1130 g/mol. The molecule has 0 aliphatic heterocycles. The summed E-state index contributed by atoms with van der Waals surface area (Å²) in [4.78, 5) is 54.7. The van der Waals surface area contributed by atoms with Gasteiger partial charge in [0, 0.05) is 23.7 Å². The van der Waals surface area contributed by atoms with Crippen molar-refractivity contribution in [1.29, 1.82) is 0 Å². The second kappa shape index (κ2) is 24.0. The lowest BCUT2D eigenvalue weighted by Gasteiger charge is -2.54. The maximum Gasteiger partial charge on any atom is 0.428 e. The van der Waals surface area contributed by atoms with Crippen LogP contribution >= 0.6 is 12.0 Å². The lowest BCUT2D eigenvalue weighted by atomic mass is 9.53. The Balaban J connectivity index is 0.000000148. The second-order valence-electron chi connectivity index (χ2n) is 21.3. The minimum absolute atomic E-state index is 0.0702. The molecule has 0 aromatic heterocycles. The zero-order valence-electron chi connectivity index (χ0n) is 43.2. The van der Waals surface area contributed by atoms with E-state index in [1.807, 2.05) is 0 Å². The van der Waals surface area contributed by atoms with Gasteiger partial charge in [-0.25, -0.2) is 18.0 Å². The number of esters is 2. The summed E-state index contributed by atoms with van der Waals surface area (Å²) in [5.41, 5.74) is -2.21. The number of carbonyl (C=O) groups is 4. The Kier molecular flexibility index (Phi) is 17.3. The predicted molar refractivity (Wildman–Crippen MR) is 287 cm³/mol. The monoisotopic (exact) mass is 1190 g/mol. The molecule has 13 nitrogen and oxygen atoms in total. The van der Waals surface area contributed by atoms with Crippen molar-refractivity contribution >= 4 is 67.5 Å². The Labute approximate surface area is 475 Å². The van der Waals surface area contributed by atoms with Crippen molar-refractivity contribution < 1.29 is 78.6 Å². The van der Waals surface area contributed by atoms with Crippen molar-refractivity contribution in [2.24, 2.45) is 35.5 Å². The third kappa shape index (κ3) is 13.0. The van der Waals surface area contributed by atoms with Gasteiger partial charge in [0.25, 0.3) is 0 Å². The molecule has 0 heterocycles. The number of halogens is 4. The minimum Gasteiger partial charge on any atom is -0.743 e. The van der Waals surface area contributed by atoms with E-state index in [9.17, 15) is 55.0 Å². The van der Waals surface area contributed by atoms with Crippen molar-refractivity contribution in [2.75, 3.05) is 0 Å². The van der Waals surface area contributed by atoms with Crippen LogP contribution in [0.5, 0.6) is 11.5 Å². The van der Waals surface area contributed by atoms with Crippen molar-refractivity contribution in [3.8, 4) is 11.5 Å². The third-order valence-electron chi connectivity index (χ3n) is 15.7. The van der Waals surface area contributed by atoms with E-state index in [-0.39, 0.29) is 81.7 Å². The van der Waals surface area contributed by atoms with E-state index >= 15 is 0 Å². The first-order valence-corrected chi connectivity index (χ1v) is 30.8. The van der Waals surface area contributed by atoms with Crippen LogP contribution in [0.2, 0.25) is 0 Å². The van der Waals surface area contributed by atoms with Crippen LogP contribution in [0.1, 0.15) is 64.2 Å². The van der Waals surface area contributed by atoms with E-state index in [0.29, 0.717) is 38.5 Å². The van der Waals surface area contributed by atoms with Crippen LogP contribution in [0.4, 0.5) is 17.6 Å². The second-order valence-corrected chi connectivity index (χ2v) is 27.5. The summed E-state index contributed by atoms with van der Waals surface area (Å²) < 4.78 is 104. The fraction of sp³-hybridized carbons (Fsp3) is 0.333. The number of carbonyl (C=O) groups excluding carboxylic acids is 4. The maximum absolute atomic E-state index is 13.4. The van der Waals surface area contributed by atoms with Crippen LogP contribution in [0, 0.1) is 35.5 Å². The molecule has 81 heavy (non-hydrogen) atoms. The highest BCUT2D eigenvalue weighted by Gasteiger charge is 2.61. The Morgan fingerprint density at radius 3 is 1.11 bits per heavy atom.